The van der Waals surface area contributed by atoms with E-state index in [0.29, 0.717) is 13.0 Å². The van der Waals surface area contributed by atoms with Crippen LogP contribution in [0.3, 0.4) is 0 Å². The fraction of sp³-hybridized carbons (Fsp3) is 0.917. The molecule has 0 aliphatic carbocycles. The summed E-state index contributed by atoms with van der Waals surface area (Å²) in [7, 11) is 0. The lowest BCUT2D eigenvalue weighted by molar-refractivity contribution is -0.121. The molecule has 0 spiro atoms. The number of amides is 1. The maximum absolute atomic E-state index is 11.4. The molecule has 2 N–H and O–H groups in total. The van der Waals surface area contributed by atoms with Gasteiger partial charge in [-0.3, -0.25) is 4.79 Å². The Bertz CT molecular complexity index is 201. The summed E-state index contributed by atoms with van der Waals surface area (Å²) in [6, 6.07) is 0. The van der Waals surface area contributed by atoms with Gasteiger partial charge in [-0.2, -0.15) is 0 Å². The van der Waals surface area contributed by atoms with Crippen molar-refractivity contribution in [3.8, 4) is 0 Å². The van der Waals surface area contributed by atoms with E-state index in [-0.39, 0.29) is 12.0 Å². The molecule has 1 atom stereocenters. The first-order valence-corrected chi connectivity index (χ1v) is 6.35. The van der Waals surface area contributed by atoms with Gasteiger partial charge in [0, 0.05) is 19.5 Å². The molecule has 1 fully saturated rings. The molecule has 1 heterocycles. The van der Waals surface area contributed by atoms with Gasteiger partial charge in [0.05, 0.1) is 6.10 Å². The maximum atomic E-state index is 11.4. The van der Waals surface area contributed by atoms with E-state index in [9.17, 15) is 4.79 Å². The van der Waals surface area contributed by atoms with Crippen LogP contribution in [0.15, 0.2) is 0 Å². The number of rotatable bonds is 7. The van der Waals surface area contributed by atoms with Crippen LogP contribution in [0.1, 0.15) is 39.0 Å². The Labute approximate surface area is 98.0 Å². The van der Waals surface area contributed by atoms with E-state index in [4.69, 9.17) is 5.11 Å². The molecule has 1 unspecified atom stereocenters. The molecule has 0 aromatic rings. The Kier molecular flexibility index (Phi) is 6.42. The SMILES string of the molecule is CC(O)CCCNC(=O)CCN1CCCC1. The van der Waals surface area contributed by atoms with Gasteiger partial charge < -0.3 is 15.3 Å². The number of carbonyl (C=O) groups excluding carboxylic acids is 1. The molecule has 0 bridgehead atoms. The number of nitrogens with one attached hydrogen (secondary N) is 1. The predicted octanol–water partition coefficient (Wildman–Crippen LogP) is 0.749. The standard InChI is InChI=1S/C12H24N2O2/c1-11(15)5-4-7-13-12(16)6-10-14-8-2-3-9-14/h11,15H,2-10H2,1H3,(H,13,16). The third-order valence-electron chi connectivity index (χ3n) is 2.97. The summed E-state index contributed by atoms with van der Waals surface area (Å²) in [5.41, 5.74) is 0. The van der Waals surface area contributed by atoms with Gasteiger partial charge in [-0.05, 0) is 45.7 Å². The summed E-state index contributed by atoms with van der Waals surface area (Å²) in [6.07, 6.45) is 4.50. The number of nitrogens with zero attached hydrogens (tertiary/aromatic N) is 1. The van der Waals surface area contributed by atoms with Crippen molar-refractivity contribution in [2.45, 2.75) is 45.1 Å². The van der Waals surface area contributed by atoms with Crippen LogP contribution in [-0.4, -0.2) is 48.2 Å². The number of aliphatic hydroxyl groups excluding tert-OH is 1. The number of hydrogen-bond acceptors (Lipinski definition) is 3. The van der Waals surface area contributed by atoms with Gasteiger partial charge in [-0.15, -0.1) is 0 Å². The molecule has 0 radical (unpaired) electrons. The van der Waals surface area contributed by atoms with E-state index in [1.54, 1.807) is 6.92 Å². The van der Waals surface area contributed by atoms with E-state index < -0.39 is 0 Å². The molecule has 4 heteroatoms. The average molecular weight is 228 g/mol. The minimum atomic E-state index is -0.262. The molecular formula is C12H24N2O2. The zero-order valence-corrected chi connectivity index (χ0v) is 10.2. The second-order valence-corrected chi connectivity index (χ2v) is 4.64. The van der Waals surface area contributed by atoms with Gasteiger partial charge in [-0.25, -0.2) is 0 Å². The van der Waals surface area contributed by atoms with Crippen LogP contribution in [0.4, 0.5) is 0 Å². The van der Waals surface area contributed by atoms with E-state index in [1.165, 1.54) is 12.8 Å². The van der Waals surface area contributed by atoms with Crippen LogP contribution < -0.4 is 5.32 Å². The van der Waals surface area contributed by atoms with E-state index in [1.807, 2.05) is 0 Å². The highest BCUT2D eigenvalue weighted by molar-refractivity contribution is 5.75. The topological polar surface area (TPSA) is 52.6 Å². The third kappa shape index (κ3) is 6.08. The monoisotopic (exact) mass is 228 g/mol. The number of carbonyl (C=O) groups is 1. The molecule has 1 amide bonds. The third-order valence-corrected chi connectivity index (χ3v) is 2.97. The highest BCUT2D eigenvalue weighted by Gasteiger charge is 2.12. The van der Waals surface area contributed by atoms with E-state index in [2.05, 4.69) is 10.2 Å². The maximum Gasteiger partial charge on any atom is 0.221 e. The molecule has 0 aromatic carbocycles. The van der Waals surface area contributed by atoms with Crippen molar-refractivity contribution in [2.75, 3.05) is 26.2 Å². The lowest BCUT2D eigenvalue weighted by Crippen LogP contribution is -2.30. The molecule has 1 aliphatic heterocycles. The van der Waals surface area contributed by atoms with Crippen LogP contribution in [0.5, 0.6) is 0 Å². The highest BCUT2D eigenvalue weighted by atomic mass is 16.3. The minimum absolute atomic E-state index is 0.137. The van der Waals surface area contributed by atoms with Crippen LogP contribution in [0.25, 0.3) is 0 Å². The largest absolute Gasteiger partial charge is 0.393 e. The van der Waals surface area contributed by atoms with Crippen molar-refractivity contribution in [3.05, 3.63) is 0 Å². The molecule has 1 aliphatic rings. The van der Waals surface area contributed by atoms with Crippen molar-refractivity contribution in [1.82, 2.24) is 10.2 Å². The summed E-state index contributed by atoms with van der Waals surface area (Å²) in [6.45, 7) is 5.64. The van der Waals surface area contributed by atoms with Crippen LogP contribution in [0.2, 0.25) is 0 Å². The quantitative estimate of drug-likeness (QED) is 0.632. The molecule has 0 aromatic heterocycles. The Balaban J connectivity index is 1.94. The molecule has 4 nitrogen and oxygen atoms in total. The zero-order chi connectivity index (χ0) is 11.8. The molecular weight excluding hydrogens is 204 g/mol. The van der Waals surface area contributed by atoms with Crippen molar-refractivity contribution in [2.24, 2.45) is 0 Å². The first kappa shape index (κ1) is 13.5. The Morgan fingerprint density at radius 2 is 2.12 bits per heavy atom. The van der Waals surface area contributed by atoms with E-state index in [0.717, 1.165) is 32.5 Å². The van der Waals surface area contributed by atoms with Gasteiger partial charge in [0.15, 0.2) is 0 Å². The summed E-state index contributed by atoms with van der Waals surface area (Å²) in [5, 5.41) is 11.9. The predicted molar refractivity (Wildman–Crippen MR) is 64.2 cm³/mol. The number of aliphatic hydroxyl groups is 1. The first-order chi connectivity index (χ1) is 7.68. The van der Waals surface area contributed by atoms with Crippen molar-refractivity contribution >= 4 is 5.91 Å². The lowest BCUT2D eigenvalue weighted by Gasteiger charge is -2.13. The van der Waals surface area contributed by atoms with Crippen LogP contribution in [0, 0.1) is 0 Å². The summed E-state index contributed by atoms with van der Waals surface area (Å²) in [5.74, 6) is 0.137. The van der Waals surface area contributed by atoms with Crippen molar-refractivity contribution in [3.63, 3.8) is 0 Å². The van der Waals surface area contributed by atoms with E-state index >= 15 is 0 Å². The van der Waals surface area contributed by atoms with Crippen molar-refractivity contribution in [1.29, 1.82) is 0 Å². The second kappa shape index (κ2) is 7.63. The van der Waals surface area contributed by atoms with Crippen molar-refractivity contribution < 1.29 is 9.90 Å². The summed E-state index contributed by atoms with van der Waals surface area (Å²) in [4.78, 5) is 13.8. The van der Waals surface area contributed by atoms with Gasteiger partial charge >= 0.3 is 0 Å². The summed E-state index contributed by atoms with van der Waals surface area (Å²) < 4.78 is 0. The summed E-state index contributed by atoms with van der Waals surface area (Å²) >= 11 is 0. The Morgan fingerprint density at radius 3 is 2.75 bits per heavy atom. The fourth-order valence-electron chi connectivity index (χ4n) is 1.98. The Hall–Kier alpha value is -0.610. The molecule has 1 rings (SSSR count). The molecule has 0 saturated carbocycles. The van der Waals surface area contributed by atoms with Gasteiger partial charge in [0.1, 0.15) is 0 Å². The van der Waals surface area contributed by atoms with Crippen LogP contribution in [-0.2, 0) is 4.79 Å². The van der Waals surface area contributed by atoms with Crippen LogP contribution >= 0.6 is 0 Å². The molecule has 1 saturated heterocycles. The second-order valence-electron chi connectivity index (χ2n) is 4.64. The number of hydrogen-bond donors (Lipinski definition) is 2. The minimum Gasteiger partial charge on any atom is -0.393 e. The fourth-order valence-corrected chi connectivity index (χ4v) is 1.98. The lowest BCUT2D eigenvalue weighted by atomic mass is 10.2. The smallest absolute Gasteiger partial charge is 0.221 e. The zero-order valence-electron chi connectivity index (χ0n) is 10.2. The van der Waals surface area contributed by atoms with Gasteiger partial charge in [-0.1, -0.05) is 0 Å². The average Bonchev–Trinajstić information content (AvgIpc) is 2.74. The molecule has 94 valence electrons. The van der Waals surface area contributed by atoms with Gasteiger partial charge in [0.25, 0.3) is 0 Å². The highest BCUT2D eigenvalue weighted by Crippen LogP contribution is 2.07. The number of likely N-dealkylation sites (tertiary alicyclic amines) is 1. The molecule has 16 heavy (non-hydrogen) atoms. The Morgan fingerprint density at radius 1 is 1.44 bits per heavy atom. The van der Waals surface area contributed by atoms with Gasteiger partial charge in [0.2, 0.25) is 5.91 Å². The first-order valence-electron chi connectivity index (χ1n) is 6.35. The normalized spacial score (nSPS) is 18.6.